The highest BCUT2D eigenvalue weighted by Crippen LogP contribution is 2.29. The zero-order valence-corrected chi connectivity index (χ0v) is 18.4. The summed E-state index contributed by atoms with van der Waals surface area (Å²) in [5.74, 6) is 0.388. The van der Waals surface area contributed by atoms with Gasteiger partial charge >= 0.3 is 5.97 Å². The van der Waals surface area contributed by atoms with E-state index in [0.717, 1.165) is 47.6 Å². The van der Waals surface area contributed by atoms with Crippen LogP contribution < -0.4 is 15.2 Å². The summed E-state index contributed by atoms with van der Waals surface area (Å²) >= 11 is 0. The minimum Gasteiger partial charge on any atom is -0.491 e. The number of rotatable bonds is 10. The SMILES string of the molecule is NCc1cc(-c2cc(COc3ccccc3CC(=O)O)cc(OCC3CCCO3)c2)ccn1. The van der Waals surface area contributed by atoms with E-state index in [1.54, 1.807) is 24.4 Å². The van der Waals surface area contributed by atoms with Crippen molar-refractivity contribution in [3.05, 3.63) is 77.6 Å². The second-order valence-corrected chi connectivity index (χ2v) is 8.02. The van der Waals surface area contributed by atoms with Crippen molar-refractivity contribution in [1.29, 1.82) is 0 Å². The first-order valence-electron chi connectivity index (χ1n) is 11.1. The standard InChI is InChI=1S/C26H28N2O5/c27-15-22-12-19(7-8-28-22)21-10-18(11-24(13-21)32-17-23-5-3-9-31-23)16-33-25-6-2-1-4-20(25)14-26(29)30/h1-2,4,6-8,10-13,23H,3,5,9,14-17,27H2,(H,29,30). The maximum absolute atomic E-state index is 11.2. The number of carboxylic acid groups (broad SMARTS) is 1. The van der Waals surface area contributed by atoms with Gasteiger partial charge in [0.15, 0.2) is 0 Å². The van der Waals surface area contributed by atoms with Crippen LogP contribution in [0.1, 0.15) is 29.7 Å². The van der Waals surface area contributed by atoms with E-state index < -0.39 is 5.97 Å². The smallest absolute Gasteiger partial charge is 0.307 e. The summed E-state index contributed by atoms with van der Waals surface area (Å²) in [6, 6.07) is 17.1. The molecule has 7 heteroatoms. The molecule has 33 heavy (non-hydrogen) atoms. The van der Waals surface area contributed by atoms with Crippen LogP contribution in [-0.4, -0.2) is 35.4 Å². The predicted octanol–water partition coefficient (Wildman–Crippen LogP) is 3.97. The highest BCUT2D eigenvalue weighted by Gasteiger charge is 2.17. The number of pyridine rings is 1. The number of nitrogens with two attached hydrogens (primary N) is 1. The number of aromatic nitrogens is 1. The molecule has 1 unspecified atom stereocenters. The average molecular weight is 449 g/mol. The number of carboxylic acids is 1. The summed E-state index contributed by atoms with van der Waals surface area (Å²) in [6.07, 6.45) is 3.82. The van der Waals surface area contributed by atoms with Crippen LogP contribution in [0, 0.1) is 0 Å². The van der Waals surface area contributed by atoms with Crippen LogP contribution in [0.25, 0.3) is 11.1 Å². The molecule has 1 saturated heterocycles. The van der Waals surface area contributed by atoms with E-state index >= 15 is 0 Å². The second-order valence-electron chi connectivity index (χ2n) is 8.02. The first-order valence-corrected chi connectivity index (χ1v) is 11.1. The summed E-state index contributed by atoms with van der Waals surface area (Å²) in [5, 5.41) is 9.17. The lowest BCUT2D eigenvalue weighted by molar-refractivity contribution is -0.136. The third-order valence-corrected chi connectivity index (χ3v) is 5.49. The molecule has 3 N–H and O–H groups in total. The van der Waals surface area contributed by atoms with Gasteiger partial charge in [-0.15, -0.1) is 0 Å². The molecule has 0 saturated carbocycles. The summed E-state index contributed by atoms with van der Waals surface area (Å²) < 4.78 is 17.8. The van der Waals surface area contributed by atoms with Crippen molar-refractivity contribution in [2.24, 2.45) is 5.73 Å². The highest BCUT2D eigenvalue weighted by molar-refractivity contribution is 5.71. The van der Waals surface area contributed by atoms with E-state index in [4.69, 9.17) is 19.9 Å². The van der Waals surface area contributed by atoms with Gasteiger partial charge in [-0.05, 0) is 65.9 Å². The molecule has 7 nitrogen and oxygen atoms in total. The second kappa shape index (κ2) is 10.9. The van der Waals surface area contributed by atoms with E-state index in [2.05, 4.69) is 4.98 Å². The third-order valence-electron chi connectivity index (χ3n) is 5.49. The minimum absolute atomic E-state index is 0.0924. The fraction of sp³-hybridized carbons (Fsp3) is 0.308. The summed E-state index contributed by atoms with van der Waals surface area (Å²) in [6.45, 7) is 1.91. The highest BCUT2D eigenvalue weighted by atomic mass is 16.5. The zero-order valence-electron chi connectivity index (χ0n) is 18.4. The van der Waals surface area contributed by atoms with Crippen molar-refractivity contribution in [3.63, 3.8) is 0 Å². The largest absolute Gasteiger partial charge is 0.491 e. The molecule has 1 aliphatic rings. The van der Waals surface area contributed by atoms with Crippen LogP contribution in [0.2, 0.25) is 0 Å². The van der Waals surface area contributed by atoms with Crippen LogP contribution in [0.15, 0.2) is 60.8 Å². The first-order chi connectivity index (χ1) is 16.1. The van der Waals surface area contributed by atoms with Gasteiger partial charge in [-0.25, -0.2) is 0 Å². The summed E-state index contributed by atoms with van der Waals surface area (Å²) in [4.78, 5) is 15.5. The minimum atomic E-state index is -0.897. The maximum atomic E-state index is 11.2. The van der Waals surface area contributed by atoms with Crippen molar-refractivity contribution in [2.45, 2.75) is 38.5 Å². The molecule has 1 aromatic heterocycles. The molecule has 4 rings (SSSR count). The fourth-order valence-corrected chi connectivity index (χ4v) is 3.84. The fourth-order valence-electron chi connectivity index (χ4n) is 3.84. The van der Waals surface area contributed by atoms with Crippen molar-refractivity contribution >= 4 is 5.97 Å². The Morgan fingerprint density at radius 1 is 1.12 bits per heavy atom. The van der Waals surface area contributed by atoms with Crippen molar-refractivity contribution in [3.8, 4) is 22.6 Å². The number of carbonyl (C=O) groups is 1. The number of para-hydroxylation sites is 1. The molecular weight excluding hydrogens is 420 g/mol. The Balaban J connectivity index is 1.58. The molecule has 0 amide bonds. The monoisotopic (exact) mass is 448 g/mol. The Hall–Kier alpha value is -3.42. The van der Waals surface area contributed by atoms with Crippen LogP contribution in [0.3, 0.4) is 0 Å². The van der Waals surface area contributed by atoms with Crippen LogP contribution >= 0.6 is 0 Å². The molecular formula is C26H28N2O5. The van der Waals surface area contributed by atoms with Gasteiger partial charge in [0.1, 0.15) is 24.7 Å². The molecule has 2 heterocycles. The van der Waals surface area contributed by atoms with Crippen LogP contribution in [-0.2, 0) is 29.1 Å². The average Bonchev–Trinajstić information content (AvgIpc) is 3.36. The Morgan fingerprint density at radius 3 is 2.79 bits per heavy atom. The maximum Gasteiger partial charge on any atom is 0.307 e. The number of hydrogen-bond acceptors (Lipinski definition) is 6. The number of ether oxygens (including phenoxy) is 3. The molecule has 0 spiro atoms. The lowest BCUT2D eigenvalue weighted by atomic mass is 10.0. The molecule has 3 aromatic rings. The lowest BCUT2D eigenvalue weighted by Crippen LogP contribution is -2.16. The normalized spacial score (nSPS) is 15.4. The number of hydrogen-bond donors (Lipinski definition) is 2. The van der Waals surface area contributed by atoms with Crippen LogP contribution in [0.5, 0.6) is 11.5 Å². The van der Waals surface area contributed by atoms with Gasteiger partial charge in [0.25, 0.3) is 0 Å². The van der Waals surface area contributed by atoms with E-state index in [0.29, 0.717) is 24.5 Å². The summed E-state index contributed by atoms with van der Waals surface area (Å²) in [5.41, 5.74) is 10.1. The number of nitrogens with zero attached hydrogens (tertiary/aromatic N) is 1. The van der Waals surface area contributed by atoms with Crippen molar-refractivity contribution < 1.29 is 24.1 Å². The Kier molecular flexibility index (Phi) is 7.55. The lowest BCUT2D eigenvalue weighted by Gasteiger charge is -2.16. The molecule has 1 fully saturated rings. The third kappa shape index (κ3) is 6.31. The van der Waals surface area contributed by atoms with E-state index in [-0.39, 0.29) is 19.1 Å². The molecule has 2 aromatic carbocycles. The van der Waals surface area contributed by atoms with Gasteiger partial charge in [-0.2, -0.15) is 0 Å². The molecule has 1 atom stereocenters. The topological polar surface area (TPSA) is 104 Å². The predicted molar refractivity (Wildman–Crippen MR) is 124 cm³/mol. The number of aliphatic carboxylic acids is 1. The van der Waals surface area contributed by atoms with Crippen molar-refractivity contribution in [1.82, 2.24) is 4.98 Å². The molecule has 0 bridgehead atoms. The Morgan fingerprint density at radius 2 is 2.00 bits per heavy atom. The van der Waals surface area contributed by atoms with Gasteiger partial charge in [0, 0.05) is 24.9 Å². The quantitative estimate of drug-likeness (QED) is 0.484. The number of benzene rings is 2. The molecule has 0 radical (unpaired) electrons. The molecule has 1 aliphatic heterocycles. The van der Waals surface area contributed by atoms with E-state index in [1.165, 1.54) is 0 Å². The molecule has 172 valence electrons. The van der Waals surface area contributed by atoms with E-state index in [9.17, 15) is 9.90 Å². The van der Waals surface area contributed by atoms with Gasteiger partial charge in [0.2, 0.25) is 0 Å². The zero-order chi connectivity index (χ0) is 23.0. The van der Waals surface area contributed by atoms with Crippen molar-refractivity contribution in [2.75, 3.05) is 13.2 Å². The summed E-state index contributed by atoms with van der Waals surface area (Å²) in [7, 11) is 0. The molecule has 0 aliphatic carbocycles. The van der Waals surface area contributed by atoms with E-state index in [1.807, 2.05) is 36.4 Å². The van der Waals surface area contributed by atoms with Crippen LogP contribution in [0.4, 0.5) is 0 Å². The van der Waals surface area contributed by atoms with Gasteiger partial charge in [-0.3, -0.25) is 9.78 Å². The first kappa shape index (κ1) is 22.8. The van der Waals surface area contributed by atoms with Gasteiger partial charge in [-0.1, -0.05) is 18.2 Å². The Bertz CT molecular complexity index is 1100. The van der Waals surface area contributed by atoms with Gasteiger partial charge in [0.05, 0.1) is 18.2 Å². The van der Waals surface area contributed by atoms with Gasteiger partial charge < -0.3 is 25.1 Å². The Labute approximate surface area is 193 Å².